The van der Waals surface area contributed by atoms with Gasteiger partial charge in [0.2, 0.25) is 0 Å². The predicted molar refractivity (Wildman–Crippen MR) is 73.5 cm³/mol. The fraction of sp³-hybridized carbons (Fsp3) is 0.214. The molecule has 0 aliphatic heterocycles. The Kier molecular flexibility index (Phi) is 3.34. The van der Waals surface area contributed by atoms with Crippen LogP contribution >= 0.6 is 0 Å². The van der Waals surface area contributed by atoms with Crippen molar-refractivity contribution in [2.24, 2.45) is 0 Å². The maximum absolute atomic E-state index is 11.9. The van der Waals surface area contributed by atoms with Crippen molar-refractivity contribution in [3.63, 3.8) is 0 Å². The zero-order chi connectivity index (χ0) is 14.0. The van der Waals surface area contributed by atoms with Crippen molar-refractivity contribution in [2.45, 2.75) is 20.4 Å². The lowest BCUT2D eigenvalue weighted by Gasteiger charge is -2.10. The van der Waals surface area contributed by atoms with Gasteiger partial charge in [-0.3, -0.25) is 4.79 Å². The molecule has 0 atom stereocenters. The van der Waals surface area contributed by atoms with Gasteiger partial charge in [-0.15, -0.1) is 0 Å². The molecule has 1 heterocycles. The fourth-order valence-corrected chi connectivity index (χ4v) is 1.91. The Morgan fingerprint density at radius 1 is 1.47 bits per heavy atom. The highest BCUT2D eigenvalue weighted by Crippen LogP contribution is 2.23. The van der Waals surface area contributed by atoms with E-state index in [1.54, 1.807) is 6.92 Å². The number of aromatic nitrogens is 2. The molecule has 5 heteroatoms. The number of hydrogen-bond donors (Lipinski definition) is 1. The molecule has 2 N–H and O–H groups in total. The maximum atomic E-state index is 11.9. The number of nitrogens with two attached hydrogens (primary N) is 1. The molecule has 0 saturated carbocycles. The van der Waals surface area contributed by atoms with Crippen LogP contribution in [-0.2, 0) is 6.54 Å². The molecule has 96 valence electrons. The van der Waals surface area contributed by atoms with Gasteiger partial charge in [-0.1, -0.05) is 23.8 Å². The van der Waals surface area contributed by atoms with E-state index in [1.165, 1.54) is 4.68 Å². The molecule has 0 saturated heterocycles. The fourth-order valence-electron chi connectivity index (χ4n) is 1.91. The average Bonchev–Trinajstić information content (AvgIpc) is 2.41. The molecule has 2 rings (SSSR count). The van der Waals surface area contributed by atoms with E-state index in [2.05, 4.69) is 5.10 Å². The summed E-state index contributed by atoms with van der Waals surface area (Å²) in [6, 6.07) is 9.56. The summed E-state index contributed by atoms with van der Waals surface area (Å²) in [6.07, 6.45) is 0. The minimum Gasteiger partial charge on any atom is -0.393 e. The highest BCUT2D eigenvalue weighted by atomic mass is 16.1. The largest absolute Gasteiger partial charge is 0.393 e. The van der Waals surface area contributed by atoms with Crippen LogP contribution in [0.25, 0.3) is 11.3 Å². The van der Waals surface area contributed by atoms with Gasteiger partial charge >= 0.3 is 0 Å². The van der Waals surface area contributed by atoms with Crippen LogP contribution in [-0.4, -0.2) is 9.78 Å². The van der Waals surface area contributed by atoms with E-state index < -0.39 is 5.56 Å². The summed E-state index contributed by atoms with van der Waals surface area (Å²) < 4.78 is 1.27. The monoisotopic (exact) mass is 254 g/mol. The van der Waals surface area contributed by atoms with Crippen LogP contribution in [0.2, 0.25) is 0 Å². The minimum absolute atomic E-state index is 0.0455. The predicted octanol–water partition coefficient (Wildman–Crippen LogP) is 1.69. The normalized spacial score (nSPS) is 10.2. The van der Waals surface area contributed by atoms with Crippen molar-refractivity contribution in [1.29, 1.82) is 5.26 Å². The lowest BCUT2D eigenvalue weighted by atomic mass is 10.0. The van der Waals surface area contributed by atoms with Gasteiger partial charge in [0.15, 0.2) is 0 Å². The van der Waals surface area contributed by atoms with E-state index in [0.29, 0.717) is 12.2 Å². The van der Waals surface area contributed by atoms with E-state index in [1.807, 2.05) is 37.3 Å². The second-order valence-corrected chi connectivity index (χ2v) is 4.24. The number of nitrogen functional groups attached to an aromatic ring is 1. The minimum atomic E-state index is -0.421. The summed E-state index contributed by atoms with van der Waals surface area (Å²) >= 11 is 0. The summed E-state index contributed by atoms with van der Waals surface area (Å²) in [7, 11) is 0. The third-order valence-corrected chi connectivity index (χ3v) is 2.89. The Morgan fingerprint density at radius 3 is 2.79 bits per heavy atom. The number of nitrogens with zero attached hydrogens (tertiary/aromatic N) is 3. The van der Waals surface area contributed by atoms with Crippen molar-refractivity contribution in [1.82, 2.24) is 9.78 Å². The molecule has 2 aromatic rings. The number of aryl methyl sites for hydroxylation is 2. The number of anilines is 1. The van der Waals surface area contributed by atoms with Crippen LogP contribution in [0.4, 0.5) is 5.69 Å². The molecule has 0 fully saturated rings. The average molecular weight is 254 g/mol. The molecule has 0 radical (unpaired) electrons. The van der Waals surface area contributed by atoms with Crippen LogP contribution < -0.4 is 11.3 Å². The number of benzene rings is 1. The Morgan fingerprint density at radius 2 is 2.21 bits per heavy atom. The molecule has 0 aliphatic rings. The van der Waals surface area contributed by atoms with Gasteiger partial charge in [-0.25, -0.2) is 4.68 Å². The van der Waals surface area contributed by atoms with Crippen molar-refractivity contribution in [3.8, 4) is 17.3 Å². The van der Waals surface area contributed by atoms with Crippen molar-refractivity contribution < 1.29 is 0 Å². The highest BCUT2D eigenvalue weighted by Gasteiger charge is 2.15. The number of hydrogen-bond acceptors (Lipinski definition) is 4. The first-order valence-electron chi connectivity index (χ1n) is 5.96. The van der Waals surface area contributed by atoms with Crippen molar-refractivity contribution in [2.75, 3.05) is 5.73 Å². The van der Waals surface area contributed by atoms with E-state index in [4.69, 9.17) is 5.73 Å². The molecule has 0 unspecified atom stereocenters. The Balaban J connectivity index is 2.80. The standard InChI is InChI=1S/C14H14N4O/c1-3-18-14(19)12(16)11(8-15)13(17-18)10-6-4-5-9(2)7-10/h4-7H,3,16H2,1-2H3. The zero-order valence-corrected chi connectivity index (χ0v) is 10.8. The molecule has 1 aromatic carbocycles. The van der Waals surface area contributed by atoms with Crippen molar-refractivity contribution >= 4 is 5.69 Å². The second kappa shape index (κ2) is 4.94. The topological polar surface area (TPSA) is 84.7 Å². The van der Waals surface area contributed by atoms with Crippen molar-refractivity contribution in [3.05, 3.63) is 45.7 Å². The molecular formula is C14H14N4O. The third kappa shape index (κ3) is 2.20. The van der Waals surface area contributed by atoms with Gasteiger partial charge in [-0.05, 0) is 19.9 Å². The van der Waals surface area contributed by atoms with Gasteiger partial charge < -0.3 is 5.73 Å². The van der Waals surface area contributed by atoms with E-state index in [-0.39, 0.29) is 11.3 Å². The lowest BCUT2D eigenvalue weighted by Crippen LogP contribution is -2.26. The maximum Gasteiger partial charge on any atom is 0.291 e. The molecule has 0 aliphatic carbocycles. The Hall–Kier alpha value is -2.61. The summed E-state index contributed by atoms with van der Waals surface area (Å²) in [5.41, 5.74) is 7.71. The third-order valence-electron chi connectivity index (χ3n) is 2.89. The van der Waals surface area contributed by atoms with Crippen LogP contribution in [0.1, 0.15) is 18.1 Å². The van der Waals surface area contributed by atoms with Gasteiger partial charge in [-0.2, -0.15) is 10.4 Å². The summed E-state index contributed by atoms with van der Waals surface area (Å²) in [5, 5.41) is 13.4. The van der Waals surface area contributed by atoms with Crippen LogP contribution in [0.3, 0.4) is 0 Å². The summed E-state index contributed by atoms with van der Waals surface area (Å²) in [5.74, 6) is 0. The van der Waals surface area contributed by atoms with Gasteiger partial charge in [0.25, 0.3) is 5.56 Å². The first kappa shape index (κ1) is 12.8. The Labute approximate surface area is 110 Å². The van der Waals surface area contributed by atoms with Gasteiger partial charge in [0.05, 0.1) is 0 Å². The SMILES string of the molecule is CCn1nc(-c2cccc(C)c2)c(C#N)c(N)c1=O. The molecular weight excluding hydrogens is 240 g/mol. The summed E-state index contributed by atoms with van der Waals surface area (Å²) in [4.78, 5) is 11.9. The first-order valence-corrected chi connectivity index (χ1v) is 5.96. The zero-order valence-electron chi connectivity index (χ0n) is 10.8. The summed E-state index contributed by atoms with van der Waals surface area (Å²) in [6.45, 7) is 4.17. The smallest absolute Gasteiger partial charge is 0.291 e. The molecule has 0 bridgehead atoms. The van der Waals surface area contributed by atoms with Crippen LogP contribution in [0.15, 0.2) is 29.1 Å². The van der Waals surface area contributed by atoms with Crippen LogP contribution in [0.5, 0.6) is 0 Å². The molecule has 19 heavy (non-hydrogen) atoms. The first-order chi connectivity index (χ1) is 9.08. The Bertz CT molecular complexity index is 725. The molecule has 1 aromatic heterocycles. The van der Waals surface area contributed by atoms with E-state index in [0.717, 1.165) is 11.1 Å². The number of nitriles is 1. The number of rotatable bonds is 2. The molecule has 0 amide bonds. The quantitative estimate of drug-likeness (QED) is 0.883. The lowest BCUT2D eigenvalue weighted by molar-refractivity contribution is 0.620. The van der Waals surface area contributed by atoms with Gasteiger partial charge in [0.1, 0.15) is 23.0 Å². The van der Waals surface area contributed by atoms with Crippen LogP contribution in [0, 0.1) is 18.3 Å². The van der Waals surface area contributed by atoms with E-state index in [9.17, 15) is 10.1 Å². The molecule has 5 nitrogen and oxygen atoms in total. The van der Waals surface area contributed by atoms with E-state index >= 15 is 0 Å². The van der Waals surface area contributed by atoms with Gasteiger partial charge in [0, 0.05) is 12.1 Å². The highest BCUT2D eigenvalue weighted by molar-refractivity contribution is 5.72. The molecule has 0 spiro atoms. The second-order valence-electron chi connectivity index (χ2n) is 4.24.